The van der Waals surface area contributed by atoms with E-state index in [-0.39, 0.29) is 102 Å². The summed E-state index contributed by atoms with van der Waals surface area (Å²) in [5.74, 6) is -0.584. The Labute approximate surface area is 332 Å². The molecule has 0 atom stereocenters. The minimum atomic E-state index is -3.68. The fraction of sp³-hybridized carbons (Fsp3) is 0.0588. The number of phenols is 4. The molecule has 0 heterocycles. The first-order chi connectivity index (χ1) is 23.8. The summed E-state index contributed by atoms with van der Waals surface area (Å²) in [6.45, 7) is 0. The molecule has 18 heteroatoms. The van der Waals surface area contributed by atoms with Crippen LogP contribution in [0.25, 0.3) is 21.5 Å². The van der Waals surface area contributed by atoms with E-state index in [9.17, 15) is 37.3 Å². The zero-order chi connectivity index (χ0) is 36.1. The van der Waals surface area contributed by atoms with E-state index >= 15 is 0 Å². The molecule has 0 radical (unpaired) electrons. The maximum Gasteiger partial charge on any atom is 1.00 e. The number of azo groups is 2. The van der Waals surface area contributed by atoms with Crippen molar-refractivity contribution in [3.8, 4) is 23.0 Å². The first-order valence-electron chi connectivity index (χ1n) is 14.6. The second-order valence-electron chi connectivity index (χ2n) is 10.4. The molecule has 0 aromatic heterocycles. The molecule has 6 aromatic carbocycles. The molecule has 14 nitrogen and oxygen atoms in total. The SMILES string of the molecule is CNS(=O)(=O)c1ccc(O)c(N=Nc2c(O)ccc3ccccc23)c1.CNS(=O)(=O)c1ccc(O)c(N=Nc2c(O)ccc3ccccc23)c1.[Cr].[Na+]. The summed E-state index contributed by atoms with van der Waals surface area (Å²) in [6, 6.07) is 28.5. The summed E-state index contributed by atoms with van der Waals surface area (Å²) < 4.78 is 51.8. The first kappa shape index (κ1) is 42.0. The van der Waals surface area contributed by atoms with E-state index in [2.05, 4.69) is 29.9 Å². The molecule has 0 spiro atoms. The molecule has 0 bridgehead atoms. The Bertz CT molecular complexity index is 2350. The van der Waals surface area contributed by atoms with Gasteiger partial charge in [0.2, 0.25) is 20.0 Å². The average Bonchev–Trinajstić information content (AvgIpc) is 3.12. The number of nitrogens with one attached hydrogen (secondary N) is 2. The van der Waals surface area contributed by atoms with Crippen LogP contribution in [0.5, 0.6) is 23.0 Å². The minimum Gasteiger partial charge on any atom is -0.506 e. The Hall–Kier alpha value is -4.41. The van der Waals surface area contributed by atoms with E-state index in [1.165, 1.54) is 62.6 Å². The largest absolute Gasteiger partial charge is 1.00 e. The van der Waals surface area contributed by atoms with Crippen molar-refractivity contribution >= 4 is 64.3 Å². The zero-order valence-corrected chi connectivity index (χ0v) is 32.7. The topological polar surface area (TPSA) is 223 Å². The molecule has 0 aliphatic heterocycles. The number of phenolic OH excluding ortho intramolecular Hbond substituents is 4. The summed E-state index contributed by atoms with van der Waals surface area (Å²) in [5, 5.41) is 58.9. The summed E-state index contributed by atoms with van der Waals surface area (Å²) in [6.07, 6.45) is 0. The Morgan fingerprint density at radius 3 is 1.19 bits per heavy atom. The van der Waals surface area contributed by atoms with Crippen molar-refractivity contribution in [1.82, 2.24) is 9.44 Å². The van der Waals surface area contributed by atoms with E-state index in [4.69, 9.17) is 0 Å². The van der Waals surface area contributed by atoms with Crippen LogP contribution in [0.1, 0.15) is 0 Å². The van der Waals surface area contributed by atoms with Gasteiger partial charge < -0.3 is 20.4 Å². The second-order valence-corrected chi connectivity index (χ2v) is 14.2. The Morgan fingerprint density at radius 2 is 0.827 bits per heavy atom. The molecule has 0 unspecified atom stereocenters. The molecule has 6 N–H and O–H groups in total. The van der Waals surface area contributed by atoms with E-state index in [1.54, 1.807) is 36.4 Å². The fourth-order valence-corrected chi connectivity index (χ4v) is 6.14. The summed E-state index contributed by atoms with van der Waals surface area (Å²) >= 11 is 0. The van der Waals surface area contributed by atoms with E-state index in [0.717, 1.165) is 10.8 Å². The van der Waals surface area contributed by atoms with Gasteiger partial charge in [0.15, 0.2) is 0 Å². The zero-order valence-electron chi connectivity index (χ0n) is 27.8. The van der Waals surface area contributed by atoms with Crippen LogP contribution < -0.4 is 39.0 Å². The van der Waals surface area contributed by atoms with Crippen LogP contribution in [0.3, 0.4) is 0 Å². The molecule has 0 aliphatic carbocycles. The standard InChI is InChI=1S/2C17H15N3O4S.Cr.Na/c2*1-18-25(23,24)12-7-9-15(21)14(10-12)19-20-17-13-5-3-2-4-11(13)6-8-16(17)22;;/h2*2-10,18,21-22H,1H3;;/q;;;+1. The molecule has 0 saturated heterocycles. The van der Waals surface area contributed by atoms with Gasteiger partial charge in [-0.05, 0) is 73.4 Å². The molecule has 0 saturated carbocycles. The summed E-state index contributed by atoms with van der Waals surface area (Å²) in [5.41, 5.74) is 0.422. The van der Waals surface area contributed by atoms with Gasteiger partial charge >= 0.3 is 29.6 Å². The molecular weight excluding hydrogens is 760 g/mol. The van der Waals surface area contributed by atoms with Crippen molar-refractivity contribution < 1.29 is 84.2 Å². The molecule has 0 amide bonds. The van der Waals surface area contributed by atoms with Crippen molar-refractivity contribution in [3.63, 3.8) is 0 Å². The van der Waals surface area contributed by atoms with E-state index in [1.807, 2.05) is 24.3 Å². The first-order valence-corrected chi connectivity index (χ1v) is 17.6. The van der Waals surface area contributed by atoms with Gasteiger partial charge in [-0.2, -0.15) is 0 Å². The average molecular weight is 790 g/mol. The number of fused-ring (bicyclic) bond motifs is 2. The van der Waals surface area contributed by atoms with Crippen LogP contribution in [0, 0.1) is 0 Å². The predicted molar refractivity (Wildman–Crippen MR) is 188 cm³/mol. The molecular formula is C34H30CrN6NaO8S2+. The van der Waals surface area contributed by atoms with E-state index < -0.39 is 20.0 Å². The summed E-state index contributed by atoms with van der Waals surface area (Å²) in [7, 11) is -4.77. The summed E-state index contributed by atoms with van der Waals surface area (Å²) in [4.78, 5) is -0.104. The maximum atomic E-state index is 11.9. The quantitative estimate of drug-likeness (QED) is 0.0969. The number of aromatic hydroxyl groups is 4. The van der Waals surface area contributed by atoms with Crippen LogP contribution in [-0.4, -0.2) is 51.4 Å². The Balaban J connectivity index is 0.000000270. The molecule has 262 valence electrons. The van der Waals surface area contributed by atoms with Crippen LogP contribution >= 0.6 is 0 Å². The smallest absolute Gasteiger partial charge is 0.506 e. The van der Waals surface area contributed by atoms with E-state index in [0.29, 0.717) is 10.8 Å². The van der Waals surface area contributed by atoms with Crippen LogP contribution in [0.2, 0.25) is 0 Å². The van der Waals surface area contributed by atoms with Gasteiger partial charge in [-0.15, -0.1) is 20.5 Å². The number of hydrogen-bond donors (Lipinski definition) is 6. The molecule has 6 aromatic rings. The third-order valence-corrected chi connectivity index (χ3v) is 10.1. The number of rotatable bonds is 8. The Morgan fingerprint density at radius 1 is 0.481 bits per heavy atom. The van der Waals surface area contributed by atoms with Crippen LogP contribution in [0.4, 0.5) is 22.7 Å². The third kappa shape index (κ3) is 9.52. The van der Waals surface area contributed by atoms with Gasteiger partial charge in [0.25, 0.3) is 0 Å². The number of benzene rings is 6. The molecule has 52 heavy (non-hydrogen) atoms. The second kappa shape index (κ2) is 17.9. The van der Waals surface area contributed by atoms with Crippen molar-refractivity contribution in [2.45, 2.75) is 9.79 Å². The fourth-order valence-electron chi connectivity index (χ4n) is 4.64. The monoisotopic (exact) mass is 789 g/mol. The van der Waals surface area contributed by atoms with Crippen molar-refractivity contribution in [2.75, 3.05) is 14.1 Å². The minimum absolute atomic E-state index is 0. The van der Waals surface area contributed by atoms with Gasteiger partial charge in [-0.1, -0.05) is 60.7 Å². The van der Waals surface area contributed by atoms with Crippen LogP contribution in [-0.2, 0) is 37.4 Å². The van der Waals surface area contributed by atoms with Gasteiger partial charge in [0, 0.05) is 28.1 Å². The third-order valence-electron chi connectivity index (χ3n) is 7.33. The predicted octanol–water partition coefficient (Wildman–Crippen LogP) is 4.15. The molecule has 6 rings (SSSR count). The normalized spacial score (nSPS) is 11.6. The van der Waals surface area contributed by atoms with Crippen molar-refractivity contribution in [3.05, 3.63) is 109 Å². The van der Waals surface area contributed by atoms with Crippen molar-refractivity contribution in [1.29, 1.82) is 0 Å². The number of hydrogen-bond acceptors (Lipinski definition) is 12. The molecule has 0 aliphatic rings. The number of sulfonamides is 2. The van der Waals surface area contributed by atoms with Gasteiger partial charge in [-0.3, -0.25) is 0 Å². The van der Waals surface area contributed by atoms with Crippen molar-refractivity contribution in [2.24, 2.45) is 20.5 Å². The Kier molecular flexibility index (Phi) is 14.4. The number of nitrogens with zero attached hydrogens (tertiary/aromatic N) is 4. The van der Waals surface area contributed by atoms with Gasteiger partial charge in [-0.25, -0.2) is 26.3 Å². The molecule has 0 fully saturated rings. The van der Waals surface area contributed by atoms with Gasteiger partial charge in [0.05, 0.1) is 9.79 Å². The van der Waals surface area contributed by atoms with Gasteiger partial charge in [0.1, 0.15) is 45.7 Å². The van der Waals surface area contributed by atoms with Crippen LogP contribution in [0.15, 0.2) is 139 Å². The maximum absolute atomic E-state index is 11.9.